The van der Waals surface area contributed by atoms with Crippen molar-refractivity contribution in [3.05, 3.63) is 25.3 Å². The number of carbonyl (C=O) groups excluding carboxylic acids is 3. The van der Waals surface area contributed by atoms with Gasteiger partial charge in [0, 0.05) is 0 Å². The van der Waals surface area contributed by atoms with Crippen LogP contribution in [0.2, 0.25) is 0 Å². The Morgan fingerprint density at radius 3 is 1.67 bits per heavy atom. The van der Waals surface area contributed by atoms with Gasteiger partial charge >= 0.3 is 18.2 Å². The minimum atomic E-state index is -0.624. The molecule has 9 heteroatoms. The standard InChI is InChI=1S/C27H48N2O7/c1-11-13-15-21(23(30)34-18-20(4)29-25(32)36-27(8,9)10)22(16-14-12-2)33-17-19(3)28-24(31)35-26(5,6)7/h11-12,19-22H,1-2,13-18H2,3-10H3,(H,28,31)(H,29,32)/t19-,20-,21-,22-/m1/s1. The number of amides is 2. The lowest BCUT2D eigenvalue weighted by atomic mass is 9.93. The van der Waals surface area contributed by atoms with Gasteiger partial charge in [0.2, 0.25) is 0 Å². The lowest BCUT2D eigenvalue weighted by Crippen LogP contribution is -2.42. The molecular weight excluding hydrogens is 464 g/mol. The molecule has 208 valence electrons. The summed E-state index contributed by atoms with van der Waals surface area (Å²) in [5, 5.41) is 5.40. The highest BCUT2D eigenvalue weighted by atomic mass is 16.6. The Hall–Kier alpha value is -2.55. The zero-order valence-electron chi connectivity index (χ0n) is 23.5. The van der Waals surface area contributed by atoms with E-state index in [1.54, 1.807) is 67.5 Å². The van der Waals surface area contributed by atoms with E-state index in [1.165, 1.54) is 0 Å². The summed E-state index contributed by atoms with van der Waals surface area (Å²) >= 11 is 0. The van der Waals surface area contributed by atoms with Gasteiger partial charge in [0.25, 0.3) is 0 Å². The fraction of sp³-hybridized carbons (Fsp3) is 0.741. The number of rotatable bonds is 15. The molecule has 36 heavy (non-hydrogen) atoms. The first kappa shape index (κ1) is 33.4. The van der Waals surface area contributed by atoms with Crippen molar-refractivity contribution in [3.63, 3.8) is 0 Å². The summed E-state index contributed by atoms with van der Waals surface area (Å²) in [7, 11) is 0. The molecule has 0 bridgehead atoms. The number of carbonyl (C=O) groups is 3. The molecule has 2 amide bonds. The lowest BCUT2D eigenvalue weighted by molar-refractivity contribution is -0.156. The van der Waals surface area contributed by atoms with Gasteiger partial charge in [0.15, 0.2) is 0 Å². The van der Waals surface area contributed by atoms with E-state index in [2.05, 4.69) is 23.8 Å². The molecule has 4 atom stereocenters. The molecule has 0 spiro atoms. The Labute approximate surface area is 217 Å². The van der Waals surface area contributed by atoms with Crippen LogP contribution in [0.3, 0.4) is 0 Å². The summed E-state index contributed by atoms with van der Waals surface area (Å²) in [4.78, 5) is 37.1. The maximum absolute atomic E-state index is 13.1. The van der Waals surface area contributed by atoms with Gasteiger partial charge in [-0.3, -0.25) is 4.79 Å². The van der Waals surface area contributed by atoms with E-state index in [-0.39, 0.29) is 19.3 Å². The molecule has 0 aromatic rings. The number of alkyl carbamates (subject to hydrolysis) is 2. The quantitative estimate of drug-likeness (QED) is 0.174. The van der Waals surface area contributed by atoms with Gasteiger partial charge < -0.3 is 29.6 Å². The molecule has 9 nitrogen and oxygen atoms in total. The zero-order valence-corrected chi connectivity index (χ0v) is 23.5. The van der Waals surface area contributed by atoms with E-state index in [4.69, 9.17) is 18.9 Å². The predicted molar refractivity (Wildman–Crippen MR) is 141 cm³/mol. The number of esters is 1. The van der Waals surface area contributed by atoms with Crippen LogP contribution in [-0.4, -0.2) is 60.8 Å². The van der Waals surface area contributed by atoms with Crippen LogP contribution >= 0.6 is 0 Å². The van der Waals surface area contributed by atoms with Crippen molar-refractivity contribution in [1.82, 2.24) is 10.6 Å². The molecule has 0 aliphatic heterocycles. The average Bonchev–Trinajstić information content (AvgIpc) is 2.70. The molecule has 0 aliphatic rings. The summed E-state index contributed by atoms with van der Waals surface area (Å²) < 4.78 is 22.2. The smallest absolute Gasteiger partial charge is 0.407 e. The van der Waals surface area contributed by atoms with Crippen molar-refractivity contribution in [1.29, 1.82) is 0 Å². The molecule has 0 radical (unpaired) electrons. The Bertz CT molecular complexity index is 710. The van der Waals surface area contributed by atoms with Gasteiger partial charge in [-0.05, 0) is 81.1 Å². The van der Waals surface area contributed by atoms with E-state index in [1.807, 2.05) is 0 Å². The summed E-state index contributed by atoms with van der Waals surface area (Å²) in [6.07, 6.45) is 4.25. The predicted octanol–water partition coefficient (Wildman–Crippen LogP) is 5.29. The second-order valence-corrected chi connectivity index (χ2v) is 10.9. The minimum Gasteiger partial charge on any atom is -0.463 e. The van der Waals surface area contributed by atoms with Crippen molar-refractivity contribution >= 4 is 18.2 Å². The minimum absolute atomic E-state index is 0.00650. The van der Waals surface area contributed by atoms with Gasteiger partial charge in [-0.2, -0.15) is 0 Å². The number of hydrogen-bond donors (Lipinski definition) is 2. The first-order valence-electron chi connectivity index (χ1n) is 12.6. The average molecular weight is 513 g/mol. The van der Waals surface area contributed by atoms with Gasteiger partial charge in [-0.25, -0.2) is 9.59 Å². The summed E-state index contributed by atoms with van der Waals surface area (Å²) in [5.41, 5.74) is -1.23. The van der Waals surface area contributed by atoms with Gasteiger partial charge in [-0.1, -0.05) is 12.2 Å². The first-order chi connectivity index (χ1) is 16.6. The zero-order chi connectivity index (χ0) is 27.9. The van der Waals surface area contributed by atoms with Crippen LogP contribution in [0.15, 0.2) is 25.3 Å². The highest BCUT2D eigenvalue weighted by Crippen LogP contribution is 2.22. The SMILES string of the molecule is C=CCC[C@@H](OC[C@@H](C)NC(=O)OC(C)(C)C)[C@@H](CCC=C)C(=O)OC[C@@H](C)NC(=O)OC(C)(C)C. The number of hydrogen-bond acceptors (Lipinski definition) is 7. The maximum atomic E-state index is 13.1. The molecule has 0 saturated carbocycles. The third-order valence-corrected chi connectivity index (χ3v) is 4.65. The topological polar surface area (TPSA) is 112 Å². The van der Waals surface area contributed by atoms with Crippen LogP contribution in [0.1, 0.15) is 81.1 Å². The van der Waals surface area contributed by atoms with Crippen LogP contribution in [0.4, 0.5) is 9.59 Å². The third kappa shape index (κ3) is 17.0. The van der Waals surface area contributed by atoms with Crippen LogP contribution < -0.4 is 10.6 Å². The molecule has 0 aromatic heterocycles. The first-order valence-corrected chi connectivity index (χ1v) is 12.6. The fourth-order valence-electron chi connectivity index (χ4n) is 3.12. The van der Waals surface area contributed by atoms with Crippen molar-refractivity contribution in [2.24, 2.45) is 5.92 Å². The highest BCUT2D eigenvalue weighted by molar-refractivity contribution is 5.73. The molecular formula is C27H48N2O7. The van der Waals surface area contributed by atoms with Crippen LogP contribution in [0, 0.1) is 5.92 Å². The monoisotopic (exact) mass is 512 g/mol. The van der Waals surface area contributed by atoms with Gasteiger partial charge in [0.1, 0.15) is 17.8 Å². The van der Waals surface area contributed by atoms with E-state index >= 15 is 0 Å². The van der Waals surface area contributed by atoms with Gasteiger partial charge in [-0.15, -0.1) is 13.2 Å². The molecule has 0 fully saturated rings. The summed E-state index contributed by atoms with van der Waals surface area (Å²) in [6, 6.07) is -0.769. The molecule has 2 N–H and O–H groups in total. The second kappa shape index (κ2) is 16.2. The van der Waals surface area contributed by atoms with Crippen LogP contribution in [-0.2, 0) is 23.7 Å². The van der Waals surface area contributed by atoms with Crippen molar-refractivity contribution < 1.29 is 33.3 Å². The van der Waals surface area contributed by atoms with E-state index in [9.17, 15) is 14.4 Å². The van der Waals surface area contributed by atoms with E-state index in [0.29, 0.717) is 25.7 Å². The van der Waals surface area contributed by atoms with Crippen molar-refractivity contribution in [2.45, 2.75) is 110 Å². The summed E-state index contributed by atoms with van der Waals surface area (Å²) in [5.74, 6) is -0.970. The molecule has 0 aromatic carbocycles. The van der Waals surface area contributed by atoms with E-state index in [0.717, 1.165) is 0 Å². The Balaban J connectivity index is 5.13. The van der Waals surface area contributed by atoms with E-state index < -0.39 is 47.4 Å². The third-order valence-electron chi connectivity index (χ3n) is 4.65. The number of nitrogens with one attached hydrogen (secondary N) is 2. The van der Waals surface area contributed by atoms with Gasteiger partial charge in [0.05, 0.1) is 30.7 Å². The molecule has 0 unspecified atom stereocenters. The van der Waals surface area contributed by atoms with Crippen LogP contribution in [0.25, 0.3) is 0 Å². The number of allylic oxidation sites excluding steroid dienone is 2. The summed E-state index contributed by atoms with van der Waals surface area (Å²) in [6.45, 7) is 21.9. The Morgan fingerprint density at radius 2 is 1.22 bits per heavy atom. The molecule has 0 rings (SSSR count). The second-order valence-electron chi connectivity index (χ2n) is 10.9. The van der Waals surface area contributed by atoms with Crippen LogP contribution in [0.5, 0.6) is 0 Å². The molecule has 0 saturated heterocycles. The normalized spacial score (nSPS) is 15.0. The van der Waals surface area contributed by atoms with Crippen molar-refractivity contribution in [3.8, 4) is 0 Å². The highest BCUT2D eigenvalue weighted by Gasteiger charge is 2.31. The Morgan fingerprint density at radius 1 is 0.778 bits per heavy atom. The molecule has 0 heterocycles. The fourth-order valence-corrected chi connectivity index (χ4v) is 3.12. The largest absolute Gasteiger partial charge is 0.463 e. The maximum Gasteiger partial charge on any atom is 0.407 e. The number of ether oxygens (including phenoxy) is 4. The Kier molecular flexibility index (Phi) is 15.1. The molecule has 0 aliphatic carbocycles. The van der Waals surface area contributed by atoms with Crippen molar-refractivity contribution in [2.75, 3.05) is 13.2 Å². The lowest BCUT2D eigenvalue weighted by Gasteiger charge is -2.28.